The minimum Gasteiger partial charge on any atom is -0.313 e. The van der Waals surface area contributed by atoms with E-state index >= 15 is 0 Å². The molecule has 0 amide bonds. The van der Waals surface area contributed by atoms with Crippen LogP contribution < -0.4 is 5.32 Å². The number of nitrogens with zero attached hydrogens (tertiary/aromatic N) is 4. The first-order chi connectivity index (χ1) is 5.88. The van der Waals surface area contributed by atoms with Crippen molar-refractivity contribution in [1.29, 1.82) is 0 Å². The molecule has 12 heavy (non-hydrogen) atoms. The van der Waals surface area contributed by atoms with Crippen LogP contribution in [-0.4, -0.2) is 46.4 Å². The minimum atomic E-state index is 0.360. The largest absolute Gasteiger partial charge is 0.313 e. The van der Waals surface area contributed by atoms with E-state index in [9.17, 15) is 0 Å². The van der Waals surface area contributed by atoms with Crippen LogP contribution in [0, 0.1) is 0 Å². The summed E-state index contributed by atoms with van der Waals surface area (Å²) in [4.78, 5) is 2.28. The van der Waals surface area contributed by atoms with E-state index in [2.05, 4.69) is 32.1 Å². The first-order valence-electron chi connectivity index (χ1n) is 3.94. The lowest BCUT2D eigenvalue weighted by molar-refractivity contribution is 0.201. The average molecular weight is 185 g/mol. The molecule has 0 saturated carbocycles. The van der Waals surface area contributed by atoms with Crippen molar-refractivity contribution < 1.29 is 0 Å². The van der Waals surface area contributed by atoms with Crippen LogP contribution in [-0.2, 0) is 0 Å². The van der Waals surface area contributed by atoms with Crippen LogP contribution in [0.2, 0.25) is 0 Å². The Balaban J connectivity index is 2.11. The lowest BCUT2D eigenvalue weighted by Gasteiger charge is -2.30. The molecule has 2 rings (SSSR count). The number of hydrogen-bond acceptors (Lipinski definition) is 6. The van der Waals surface area contributed by atoms with E-state index in [4.69, 9.17) is 0 Å². The topological polar surface area (TPSA) is 53.9 Å². The van der Waals surface area contributed by atoms with Crippen molar-refractivity contribution in [3.8, 4) is 0 Å². The summed E-state index contributed by atoms with van der Waals surface area (Å²) in [5.74, 6) is 0. The third-order valence-electron chi connectivity index (χ3n) is 2.11. The van der Waals surface area contributed by atoms with E-state index in [0.29, 0.717) is 6.04 Å². The quantitative estimate of drug-likeness (QED) is 0.640. The van der Waals surface area contributed by atoms with Gasteiger partial charge in [0.25, 0.3) is 0 Å². The number of rotatable bonds is 1. The van der Waals surface area contributed by atoms with E-state index in [1.807, 2.05) is 0 Å². The summed E-state index contributed by atoms with van der Waals surface area (Å²) < 4.78 is 3.76. The number of aromatic nitrogens is 3. The second kappa shape index (κ2) is 3.42. The molecule has 1 atom stereocenters. The smallest absolute Gasteiger partial charge is 0.156 e. The van der Waals surface area contributed by atoms with Gasteiger partial charge in [0.05, 0.1) is 6.04 Å². The lowest BCUT2D eigenvalue weighted by atomic mass is 10.2. The summed E-state index contributed by atoms with van der Waals surface area (Å²) in [6.45, 7) is 3.07. The Morgan fingerprint density at radius 2 is 2.58 bits per heavy atom. The Hall–Kier alpha value is -0.590. The van der Waals surface area contributed by atoms with E-state index < -0.39 is 0 Å². The zero-order valence-corrected chi connectivity index (χ0v) is 7.71. The Kier molecular flexibility index (Phi) is 2.29. The zero-order valence-electron chi connectivity index (χ0n) is 6.90. The van der Waals surface area contributed by atoms with Gasteiger partial charge in [-0.05, 0) is 12.3 Å². The maximum absolute atomic E-state index is 3.97. The summed E-state index contributed by atoms with van der Waals surface area (Å²) >= 11 is 1.38. The second-order valence-corrected chi connectivity index (χ2v) is 3.67. The lowest BCUT2D eigenvalue weighted by Crippen LogP contribution is -2.43. The van der Waals surface area contributed by atoms with Gasteiger partial charge in [-0.3, -0.25) is 4.90 Å². The van der Waals surface area contributed by atoms with Crippen molar-refractivity contribution in [2.45, 2.75) is 6.04 Å². The molecule has 1 unspecified atom stereocenters. The SMILES string of the molecule is CN1CCNCC1c1nnns1. The molecule has 1 aliphatic rings. The fourth-order valence-electron chi connectivity index (χ4n) is 1.35. The maximum Gasteiger partial charge on any atom is 0.156 e. The molecule has 0 bridgehead atoms. The molecule has 6 heteroatoms. The third-order valence-corrected chi connectivity index (χ3v) is 2.81. The summed E-state index contributed by atoms with van der Waals surface area (Å²) in [5.41, 5.74) is 0. The van der Waals surface area contributed by atoms with Crippen molar-refractivity contribution in [2.24, 2.45) is 0 Å². The average Bonchev–Trinajstić information content (AvgIpc) is 2.57. The molecule has 0 aliphatic carbocycles. The fraction of sp³-hybridized carbons (Fsp3) is 0.833. The van der Waals surface area contributed by atoms with Crippen molar-refractivity contribution in [3.05, 3.63) is 5.01 Å². The highest BCUT2D eigenvalue weighted by molar-refractivity contribution is 7.05. The van der Waals surface area contributed by atoms with Gasteiger partial charge in [0.15, 0.2) is 5.01 Å². The normalized spacial score (nSPS) is 25.9. The molecule has 1 fully saturated rings. The second-order valence-electron chi connectivity index (χ2n) is 2.90. The van der Waals surface area contributed by atoms with Crippen LogP contribution in [0.15, 0.2) is 0 Å². The van der Waals surface area contributed by atoms with Crippen molar-refractivity contribution in [3.63, 3.8) is 0 Å². The summed E-state index contributed by atoms with van der Waals surface area (Å²) in [5, 5.41) is 11.9. The Morgan fingerprint density at radius 3 is 3.25 bits per heavy atom. The molecular weight excluding hydrogens is 174 g/mol. The molecular formula is C6H11N5S. The number of nitrogens with one attached hydrogen (secondary N) is 1. The molecule has 0 aromatic carbocycles. The predicted molar refractivity (Wildman–Crippen MR) is 45.9 cm³/mol. The van der Waals surface area contributed by atoms with Crippen LogP contribution in [0.1, 0.15) is 11.0 Å². The Labute approximate surface area is 74.9 Å². The van der Waals surface area contributed by atoms with Crippen LogP contribution >= 0.6 is 11.5 Å². The van der Waals surface area contributed by atoms with E-state index in [0.717, 1.165) is 24.6 Å². The highest BCUT2D eigenvalue weighted by Crippen LogP contribution is 2.19. The summed E-state index contributed by atoms with van der Waals surface area (Å²) in [6.07, 6.45) is 0. The Morgan fingerprint density at radius 1 is 1.67 bits per heavy atom. The van der Waals surface area contributed by atoms with Gasteiger partial charge in [0, 0.05) is 31.2 Å². The molecule has 5 nitrogen and oxygen atoms in total. The van der Waals surface area contributed by atoms with Gasteiger partial charge in [0.2, 0.25) is 0 Å². The molecule has 1 aromatic rings. The first-order valence-corrected chi connectivity index (χ1v) is 4.71. The fourth-order valence-corrected chi connectivity index (χ4v) is 1.96. The van der Waals surface area contributed by atoms with Crippen LogP contribution in [0.25, 0.3) is 0 Å². The molecule has 1 aliphatic heterocycles. The van der Waals surface area contributed by atoms with Gasteiger partial charge in [-0.2, -0.15) is 0 Å². The molecule has 1 saturated heterocycles. The Bertz CT molecular complexity index is 236. The molecule has 1 aromatic heterocycles. The monoisotopic (exact) mass is 185 g/mol. The van der Waals surface area contributed by atoms with Crippen molar-refractivity contribution in [2.75, 3.05) is 26.7 Å². The molecule has 1 N–H and O–H groups in total. The third kappa shape index (κ3) is 1.45. The van der Waals surface area contributed by atoms with E-state index in [-0.39, 0.29) is 0 Å². The van der Waals surface area contributed by atoms with E-state index in [1.165, 1.54) is 11.5 Å². The van der Waals surface area contributed by atoms with Gasteiger partial charge in [-0.15, -0.1) is 5.10 Å². The van der Waals surface area contributed by atoms with Crippen LogP contribution in [0.3, 0.4) is 0 Å². The zero-order chi connectivity index (χ0) is 8.39. The van der Waals surface area contributed by atoms with Gasteiger partial charge < -0.3 is 5.32 Å². The number of hydrogen-bond donors (Lipinski definition) is 1. The standard InChI is InChI=1S/C6H11N5S/c1-11-3-2-7-4-5(11)6-8-9-10-12-6/h5,7H,2-4H2,1H3. The van der Waals surface area contributed by atoms with Gasteiger partial charge in [-0.25, -0.2) is 0 Å². The van der Waals surface area contributed by atoms with E-state index in [1.54, 1.807) is 0 Å². The van der Waals surface area contributed by atoms with Crippen LogP contribution in [0.5, 0.6) is 0 Å². The molecule has 2 heterocycles. The maximum atomic E-state index is 3.97. The van der Waals surface area contributed by atoms with Crippen molar-refractivity contribution >= 4 is 11.5 Å². The molecule has 0 radical (unpaired) electrons. The predicted octanol–water partition coefficient (Wildman–Crippen LogP) is -0.491. The first kappa shape index (κ1) is 8.03. The highest BCUT2D eigenvalue weighted by Gasteiger charge is 2.23. The number of piperazine rings is 1. The van der Waals surface area contributed by atoms with Gasteiger partial charge in [-0.1, -0.05) is 4.49 Å². The van der Waals surface area contributed by atoms with Crippen molar-refractivity contribution in [1.82, 2.24) is 25.0 Å². The minimum absolute atomic E-state index is 0.360. The van der Waals surface area contributed by atoms with Gasteiger partial charge >= 0.3 is 0 Å². The molecule has 66 valence electrons. The van der Waals surface area contributed by atoms with Gasteiger partial charge in [0.1, 0.15) is 0 Å². The van der Waals surface area contributed by atoms with Crippen LogP contribution in [0.4, 0.5) is 0 Å². The summed E-state index contributed by atoms with van der Waals surface area (Å²) in [6, 6.07) is 0.360. The molecule has 0 spiro atoms. The highest BCUT2D eigenvalue weighted by atomic mass is 32.1. The summed E-state index contributed by atoms with van der Waals surface area (Å²) in [7, 11) is 2.10. The number of likely N-dealkylation sites (N-methyl/N-ethyl adjacent to an activating group) is 1.